The molecule has 0 aliphatic carbocycles. The van der Waals surface area contributed by atoms with Gasteiger partial charge in [0.1, 0.15) is 0 Å². The minimum atomic E-state index is -0.742. The van der Waals surface area contributed by atoms with Gasteiger partial charge in [0.25, 0.3) is 0 Å². The Morgan fingerprint density at radius 2 is 2.00 bits per heavy atom. The van der Waals surface area contributed by atoms with Gasteiger partial charge in [0.2, 0.25) is 0 Å². The highest BCUT2D eigenvalue weighted by Gasteiger charge is 2.22. The number of hydrogen-bond acceptors (Lipinski definition) is 3. The van der Waals surface area contributed by atoms with E-state index in [2.05, 4.69) is 4.74 Å². The lowest BCUT2D eigenvalue weighted by Gasteiger charge is -2.22. The first-order valence-electron chi connectivity index (χ1n) is 4.83. The van der Waals surface area contributed by atoms with Gasteiger partial charge >= 0.3 is 5.97 Å². The molecular weight excluding hydrogens is 200 g/mol. The fraction of sp³-hybridized carbons (Fsp3) is 0.900. The molecule has 1 atom stereocenters. The Bertz CT molecular complexity index is 211. The number of methoxy groups -OCH3 is 1. The van der Waals surface area contributed by atoms with Crippen LogP contribution in [0.1, 0.15) is 33.6 Å². The summed E-state index contributed by atoms with van der Waals surface area (Å²) < 4.78 is 15.8. The van der Waals surface area contributed by atoms with Crippen molar-refractivity contribution in [3.63, 3.8) is 0 Å². The van der Waals surface area contributed by atoms with Crippen molar-refractivity contribution in [1.82, 2.24) is 0 Å². The van der Waals surface area contributed by atoms with Gasteiger partial charge < -0.3 is 4.74 Å². The van der Waals surface area contributed by atoms with Gasteiger partial charge in [-0.15, -0.1) is 0 Å². The number of rotatable bonds is 6. The van der Waals surface area contributed by atoms with E-state index in [0.717, 1.165) is 6.42 Å². The summed E-state index contributed by atoms with van der Waals surface area (Å²) in [6.07, 6.45) is 1.19. The summed E-state index contributed by atoms with van der Waals surface area (Å²) in [5.41, 5.74) is -0.113. The van der Waals surface area contributed by atoms with E-state index in [9.17, 15) is 9.00 Å². The van der Waals surface area contributed by atoms with Crippen LogP contribution in [0.15, 0.2) is 0 Å². The van der Waals surface area contributed by atoms with Gasteiger partial charge in [-0.2, -0.15) is 0 Å². The summed E-state index contributed by atoms with van der Waals surface area (Å²) >= 11 is 0. The average Bonchev–Trinajstić information content (AvgIpc) is 2.13. The van der Waals surface area contributed by atoms with Crippen LogP contribution in [0.3, 0.4) is 0 Å². The minimum absolute atomic E-state index is 0.113. The number of carbonyl (C=O) groups excluding carboxylic acids is 1. The second kappa shape index (κ2) is 6.17. The molecule has 0 aromatic heterocycles. The molecule has 0 saturated heterocycles. The van der Waals surface area contributed by atoms with E-state index in [1.807, 2.05) is 20.8 Å². The summed E-state index contributed by atoms with van der Waals surface area (Å²) in [7, 11) is 0.649. The quantitative estimate of drug-likeness (QED) is 0.640. The molecule has 0 radical (unpaired) electrons. The highest BCUT2D eigenvalue weighted by Crippen LogP contribution is 2.25. The third-order valence-corrected chi connectivity index (χ3v) is 3.48. The van der Waals surface area contributed by atoms with E-state index in [0.29, 0.717) is 17.9 Å². The van der Waals surface area contributed by atoms with Crippen LogP contribution in [0.4, 0.5) is 0 Å². The van der Waals surface area contributed by atoms with Crippen LogP contribution in [0.5, 0.6) is 0 Å². The summed E-state index contributed by atoms with van der Waals surface area (Å²) in [5, 5.41) is 0. The Labute approximate surface area is 88.7 Å². The zero-order chi connectivity index (χ0) is 11.2. The van der Waals surface area contributed by atoms with Gasteiger partial charge in [-0.3, -0.25) is 9.00 Å². The van der Waals surface area contributed by atoms with Gasteiger partial charge in [0, 0.05) is 22.3 Å². The zero-order valence-electron chi connectivity index (χ0n) is 9.46. The molecule has 0 amide bonds. The third kappa shape index (κ3) is 6.13. The summed E-state index contributed by atoms with van der Waals surface area (Å²) in [4.78, 5) is 11.0. The number of hydrogen-bond donors (Lipinski definition) is 0. The van der Waals surface area contributed by atoms with Crippen molar-refractivity contribution in [3.05, 3.63) is 0 Å². The zero-order valence-corrected chi connectivity index (χ0v) is 10.3. The standard InChI is InChI=1S/C10H20O3S/c1-5-14(12)7-6-10(2,3)8-9(11)13-4/h5-8H2,1-4H3. The molecule has 0 aromatic carbocycles. The maximum absolute atomic E-state index is 11.2. The first-order valence-corrected chi connectivity index (χ1v) is 6.32. The maximum Gasteiger partial charge on any atom is 0.306 e. The molecule has 0 N–H and O–H groups in total. The fourth-order valence-corrected chi connectivity index (χ4v) is 2.15. The van der Waals surface area contributed by atoms with Crippen molar-refractivity contribution in [2.24, 2.45) is 5.41 Å². The van der Waals surface area contributed by atoms with Gasteiger partial charge in [-0.25, -0.2) is 0 Å². The van der Waals surface area contributed by atoms with Crippen LogP contribution in [-0.2, 0) is 20.3 Å². The minimum Gasteiger partial charge on any atom is -0.469 e. The van der Waals surface area contributed by atoms with Crippen molar-refractivity contribution < 1.29 is 13.7 Å². The molecular formula is C10H20O3S. The predicted molar refractivity (Wildman–Crippen MR) is 58.6 cm³/mol. The van der Waals surface area contributed by atoms with E-state index in [1.165, 1.54) is 7.11 Å². The molecule has 0 spiro atoms. The molecule has 0 aromatic rings. The highest BCUT2D eigenvalue weighted by molar-refractivity contribution is 7.84. The van der Waals surface area contributed by atoms with Crippen molar-refractivity contribution in [3.8, 4) is 0 Å². The molecule has 0 heterocycles. The van der Waals surface area contributed by atoms with Gasteiger partial charge in [0.15, 0.2) is 0 Å². The smallest absolute Gasteiger partial charge is 0.306 e. The van der Waals surface area contributed by atoms with Crippen molar-refractivity contribution in [2.45, 2.75) is 33.6 Å². The van der Waals surface area contributed by atoms with Crippen LogP contribution >= 0.6 is 0 Å². The van der Waals surface area contributed by atoms with E-state index in [4.69, 9.17) is 0 Å². The molecule has 14 heavy (non-hydrogen) atoms. The topological polar surface area (TPSA) is 43.4 Å². The summed E-state index contributed by atoms with van der Waals surface area (Å²) in [6, 6.07) is 0. The summed E-state index contributed by atoms with van der Waals surface area (Å²) in [6.45, 7) is 5.90. The Morgan fingerprint density at radius 3 is 2.43 bits per heavy atom. The second-order valence-corrected chi connectivity index (χ2v) is 5.96. The first kappa shape index (κ1) is 13.6. The lowest BCUT2D eigenvalue weighted by Crippen LogP contribution is -2.20. The molecule has 3 nitrogen and oxygen atoms in total. The Morgan fingerprint density at radius 1 is 1.43 bits per heavy atom. The van der Waals surface area contributed by atoms with Crippen LogP contribution < -0.4 is 0 Å². The van der Waals surface area contributed by atoms with E-state index in [1.54, 1.807) is 0 Å². The van der Waals surface area contributed by atoms with Gasteiger partial charge in [0.05, 0.1) is 13.5 Å². The predicted octanol–water partition coefficient (Wildman–Crippen LogP) is 1.73. The molecule has 0 rings (SSSR count). The molecule has 0 aliphatic heterocycles. The Balaban J connectivity index is 3.94. The largest absolute Gasteiger partial charge is 0.469 e. The molecule has 0 fully saturated rings. The van der Waals surface area contributed by atoms with Crippen molar-refractivity contribution >= 4 is 16.8 Å². The lowest BCUT2D eigenvalue weighted by molar-refractivity contribution is -0.142. The lowest BCUT2D eigenvalue weighted by atomic mass is 9.86. The normalized spacial score (nSPS) is 13.7. The van der Waals surface area contributed by atoms with Crippen LogP contribution in [0.2, 0.25) is 0 Å². The average molecular weight is 220 g/mol. The molecule has 4 heteroatoms. The van der Waals surface area contributed by atoms with E-state index in [-0.39, 0.29) is 11.4 Å². The van der Waals surface area contributed by atoms with Gasteiger partial charge in [-0.1, -0.05) is 20.8 Å². The van der Waals surface area contributed by atoms with E-state index < -0.39 is 10.8 Å². The first-order chi connectivity index (χ1) is 6.41. The molecule has 0 bridgehead atoms. The Kier molecular flexibility index (Phi) is 6.00. The third-order valence-electron chi connectivity index (χ3n) is 2.18. The number of esters is 1. The Hall–Kier alpha value is -0.380. The van der Waals surface area contributed by atoms with Crippen molar-refractivity contribution in [2.75, 3.05) is 18.6 Å². The van der Waals surface area contributed by atoms with Crippen molar-refractivity contribution in [1.29, 1.82) is 0 Å². The molecule has 1 unspecified atom stereocenters. The summed E-state index contributed by atoms with van der Waals surface area (Å²) in [5.74, 6) is 1.16. The fourth-order valence-electron chi connectivity index (χ4n) is 1.09. The number of ether oxygens (including phenoxy) is 1. The van der Waals surface area contributed by atoms with E-state index >= 15 is 0 Å². The molecule has 0 aliphatic rings. The molecule has 84 valence electrons. The van der Waals surface area contributed by atoms with Gasteiger partial charge in [-0.05, 0) is 11.8 Å². The second-order valence-electron chi connectivity index (χ2n) is 4.10. The SMILES string of the molecule is CCS(=O)CCC(C)(C)CC(=O)OC. The maximum atomic E-state index is 11.2. The number of carbonyl (C=O) groups is 1. The highest BCUT2D eigenvalue weighted by atomic mass is 32.2. The monoisotopic (exact) mass is 220 g/mol. The van der Waals surface area contributed by atoms with Crippen LogP contribution in [0.25, 0.3) is 0 Å². The van der Waals surface area contributed by atoms with Crippen LogP contribution in [-0.4, -0.2) is 28.8 Å². The van der Waals surface area contributed by atoms with Crippen LogP contribution in [0, 0.1) is 5.41 Å². The molecule has 0 saturated carbocycles.